The number of hydrogen-bond acceptors (Lipinski definition) is 5. The number of rotatable bonds is 3. The van der Waals surface area contributed by atoms with Crippen LogP contribution in [0.4, 0.5) is 32.0 Å². The lowest BCUT2D eigenvalue weighted by atomic mass is 10.1. The van der Waals surface area contributed by atoms with Crippen molar-refractivity contribution >= 4 is 11.7 Å². The van der Waals surface area contributed by atoms with Crippen LogP contribution in [0.1, 0.15) is 28.3 Å². The minimum atomic E-state index is -5.13. The van der Waals surface area contributed by atoms with Crippen LogP contribution in [0.3, 0.4) is 0 Å². The fourth-order valence-electron chi connectivity index (χ4n) is 2.08. The number of nitrogens with two attached hydrogens (primary N) is 1. The fourth-order valence-corrected chi connectivity index (χ4v) is 2.08. The average Bonchev–Trinajstić information content (AvgIpc) is 2.53. The average molecular weight is 393 g/mol. The van der Waals surface area contributed by atoms with Gasteiger partial charge < -0.3 is 10.5 Å². The third-order valence-electron chi connectivity index (χ3n) is 3.66. The Morgan fingerprint density at radius 1 is 1.00 bits per heavy atom. The van der Waals surface area contributed by atoms with E-state index in [0.29, 0.717) is 16.8 Å². The van der Waals surface area contributed by atoms with Crippen molar-refractivity contribution in [2.45, 2.75) is 32.6 Å². The summed E-state index contributed by atoms with van der Waals surface area (Å²) < 4.78 is 81.6. The number of benzene rings is 1. The Bertz CT molecular complexity index is 845. The zero-order chi connectivity index (χ0) is 20.6. The summed E-state index contributed by atoms with van der Waals surface area (Å²) in [5, 5.41) is 0. The molecule has 0 amide bonds. The highest BCUT2D eigenvalue weighted by Crippen LogP contribution is 2.33. The molecule has 2 aromatic rings. The Morgan fingerprint density at radius 3 is 2.00 bits per heavy atom. The van der Waals surface area contributed by atoms with Crippen LogP contribution in [0.2, 0.25) is 0 Å². The normalized spacial score (nSPS) is 12.1. The van der Waals surface area contributed by atoms with Crippen molar-refractivity contribution in [3.63, 3.8) is 0 Å². The summed E-state index contributed by atoms with van der Waals surface area (Å²) in [5.74, 6) is -1.99. The number of carbonyl (C=O) groups is 1. The maximum atomic E-state index is 12.8. The van der Waals surface area contributed by atoms with E-state index in [2.05, 4.69) is 9.97 Å². The molecule has 0 radical (unpaired) electrons. The zero-order valence-electron chi connectivity index (χ0n) is 14.0. The third-order valence-corrected chi connectivity index (χ3v) is 3.66. The van der Waals surface area contributed by atoms with E-state index in [9.17, 15) is 31.1 Å². The molecule has 0 fully saturated rings. The SMILES string of the molecule is Cc1c(N)ccc(OC(=O)Cc2nc(C(F)(F)F)cc(C(F)(F)F)n2)c1C. The van der Waals surface area contributed by atoms with E-state index >= 15 is 0 Å². The number of alkyl halides is 6. The first-order chi connectivity index (χ1) is 12.3. The molecule has 2 rings (SSSR count). The van der Waals surface area contributed by atoms with Gasteiger partial charge in [-0.15, -0.1) is 0 Å². The van der Waals surface area contributed by atoms with Gasteiger partial charge in [0.25, 0.3) is 0 Å². The van der Waals surface area contributed by atoms with Crippen molar-refractivity contribution in [3.8, 4) is 5.75 Å². The smallest absolute Gasteiger partial charge is 0.426 e. The molecule has 0 bridgehead atoms. The molecule has 0 unspecified atom stereocenters. The van der Waals surface area contributed by atoms with E-state index < -0.39 is 42.0 Å². The lowest BCUT2D eigenvalue weighted by Crippen LogP contribution is -2.20. The van der Waals surface area contributed by atoms with E-state index in [1.54, 1.807) is 13.8 Å². The highest BCUT2D eigenvalue weighted by atomic mass is 19.4. The van der Waals surface area contributed by atoms with Gasteiger partial charge in [0.15, 0.2) is 0 Å². The molecule has 0 aliphatic heterocycles. The minimum absolute atomic E-state index is 0.0784. The van der Waals surface area contributed by atoms with Gasteiger partial charge in [-0.05, 0) is 43.2 Å². The number of anilines is 1. The molecular formula is C16H13F6N3O2. The Balaban J connectivity index is 2.31. The van der Waals surface area contributed by atoms with Crippen LogP contribution in [-0.2, 0) is 23.6 Å². The maximum absolute atomic E-state index is 12.8. The van der Waals surface area contributed by atoms with Crippen molar-refractivity contribution in [2.24, 2.45) is 0 Å². The van der Waals surface area contributed by atoms with Crippen LogP contribution in [0.5, 0.6) is 5.75 Å². The summed E-state index contributed by atoms with van der Waals surface area (Å²) in [7, 11) is 0. The van der Waals surface area contributed by atoms with Crippen molar-refractivity contribution < 1.29 is 35.9 Å². The predicted octanol–water partition coefficient (Wildman–Crippen LogP) is 3.86. The van der Waals surface area contributed by atoms with Gasteiger partial charge in [-0.3, -0.25) is 4.79 Å². The summed E-state index contributed by atoms with van der Waals surface area (Å²) in [4.78, 5) is 18.0. The van der Waals surface area contributed by atoms with Crippen molar-refractivity contribution in [3.05, 3.63) is 46.5 Å². The molecule has 11 heteroatoms. The number of nitrogen functional groups attached to an aromatic ring is 1. The molecule has 1 heterocycles. The summed E-state index contributed by atoms with van der Waals surface area (Å²) in [6, 6.07) is 2.60. The molecule has 1 aromatic heterocycles. The maximum Gasteiger partial charge on any atom is 0.433 e. The summed E-state index contributed by atoms with van der Waals surface area (Å²) in [5.41, 5.74) is 3.65. The highest BCUT2D eigenvalue weighted by molar-refractivity contribution is 5.75. The number of halogens is 6. The molecule has 27 heavy (non-hydrogen) atoms. The van der Waals surface area contributed by atoms with Gasteiger partial charge in [0.1, 0.15) is 29.4 Å². The first-order valence-electron chi connectivity index (χ1n) is 7.37. The molecule has 0 saturated heterocycles. The van der Waals surface area contributed by atoms with Crippen LogP contribution in [-0.4, -0.2) is 15.9 Å². The molecule has 5 nitrogen and oxygen atoms in total. The van der Waals surface area contributed by atoms with Gasteiger partial charge in [0, 0.05) is 5.69 Å². The lowest BCUT2D eigenvalue weighted by Gasteiger charge is -2.13. The molecule has 2 N–H and O–H groups in total. The van der Waals surface area contributed by atoms with E-state index in [1.165, 1.54) is 12.1 Å². The van der Waals surface area contributed by atoms with Gasteiger partial charge in [0.05, 0.1) is 0 Å². The molecule has 146 valence electrons. The van der Waals surface area contributed by atoms with E-state index in [-0.39, 0.29) is 11.8 Å². The van der Waals surface area contributed by atoms with Crippen LogP contribution in [0.25, 0.3) is 0 Å². The Hall–Kier alpha value is -2.85. The van der Waals surface area contributed by atoms with Crippen molar-refractivity contribution in [1.29, 1.82) is 0 Å². The van der Waals surface area contributed by atoms with Crippen LogP contribution >= 0.6 is 0 Å². The first kappa shape index (κ1) is 20.5. The highest BCUT2D eigenvalue weighted by Gasteiger charge is 2.39. The van der Waals surface area contributed by atoms with Gasteiger partial charge in [-0.2, -0.15) is 26.3 Å². The van der Waals surface area contributed by atoms with Crippen LogP contribution in [0.15, 0.2) is 18.2 Å². The van der Waals surface area contributed by atoms with E-state index in [4.69, 9.17) is 10.5 Å². The van der Waals surface area contributed by atoms with Crippen molar-refractivity contribution in [1.82, 2.24) is 9.97 Å². The Labute approximate surface area is 149 Å². The zero-order valence-corrected chi connectivity index (χ0v) is 14.0. The van der Waals surface area contributed by atoms with Gasteiger partial charge in [-0.25, -0.2) is 9.97 Å². The molecule has 1 aromatic carbocycles. The Kier molecular flexibility index (Phi) is 5.34. The number of hydrogen-bond donors (Lipinski definition) is 1. The minimum Gasteiger partial charge on any atom is -0.426 e. The summed E-state index contributed by atoms with van der Waals surface area (Å²) in [6.07, 6.45) is -11.2. The number of ether oxygens (including phenoxy) is 1. The van der Waals surface area contributed by atoms with E-state index in [0.717, 1.165) is 0 Å². The lowest BCUT2D eigenvalue weighted by molar-refractivity contribution is -0.148. The van der Waals surface area contributed by atoms with Crippen molar-refractivity contribution in [2.75, 3.05) is 5.73 Å². The molecule has 0 saturated carbocycles. The molecule has 0 aliphatic carbocycles. The van der Waals surface area contributed by atoms with Crippen LogP contribution in [0, 0.1) is 13.8 Å². The molecule has 0 spiro atoms. The quantitative estimate of drug-likeness (QED) is 0.371. The van der Waals surface area contributed by atoms with Gasteiger partial charge in [0.2, 0.25) is 0 Å². The Morgan fingerprint density at radius 2 is 1.52 bits per heavy atom. The molecular weight excluding hydrogens is 380 g/mol. The monoisotopic (exact) mass is 393 g/mol. The van der Waals surface area contributed by atoms with Crippen LogP contribution < -0.4 is 10.5 Å². The second-order valence-corrected chi connectivity index (χ2v) is 5.60. The first-order valence-corrected chi connectivity index (χ1v) is 7.37. The molecule has 0 atom stereocenters. The number of esters is 1. The van der Waals surface area contributed by atoms with Gasteiger partial charge in [-0.1, -0.05) is 0 Å². The number of nitrogens with zero attached hydrogens (tertiary/aromatic N) is 2. The standard InChI is InChI=1S/C16H13F6N3O2/c1-7-8(2)10(4-3-9(7)23)27-14(26)6-13-24-11(15(17,18)19)5-12(25-13)16(20,21)22/h3-5H,6,23H2,1-2H3. The fraction of sp³-hybridized carbons (Fsp3) is 0.312. The number of aromatic nitrogens is 2. The third kappa shape index (κ3) is 4.86. The molecule has 0 aliphatic rings. The largest absolute Gasteiger partial charge is 0.433 e. The number of carbonyl (C=O) groups excluding carboxylic acids is 1. The van der Waals surface area contributed by atoms with E-state index in [1.807, 2.05) is 0 Å². The topological polar surface area (TPSA) is 78.1 Å². The predicted molar refractivity (Wildman–Crippen MR) is 81.7 cm³/mol. The summed E-state index contributed by atoms with van der Waals surface area (Å²) in [6.45, 7) is 3.25. The van der Waals surface area contributed by atoms with Gasteiger partial charge >= 0.3 is 18.3 Å². The summed E-state index contributed by atoms with van der Waals surface area (Å²) >= 11 is 0. The second kappa shape index (κ2) is 7.05. The second-order valence-electron chi connectivity index (χ2n) is 5.60.